The molecule has 0 unspecified atom stereocenters. The van der Waals surface area contributed by atoms with Gasteiger partial charge in [-0.25, -0.2) is 9.97 Å². The van der Waals surface area contributed by atoms with E-state index in [4.69, 9.17) is 9.72 Å². The summed E-state index contributed by atoms with van der Waals surface area (Å²) in [4.78, 5) is 22.1. The minimum atomic E-state index is -0.111. The number of aromatic nitrogens is 2. The van der Waals surface area contributed by atoms with E-state index >= 15 is 0 Å². The number of para-hydroxylation sites is 2. The lowest BCUT2D eigenvalue weighted by Gasteiger charge is -2.08. The number of carbonyl (C=O) groups is 1. The normalized spacial score (nSPS) is 10.9. The maximum absolute atomic E-state index is 12.8. The van der Waals surface area contributed by atoms with E-state index in [1.807, 2.05) is 79.0 Å². The molecule has 5 nitrogen and oxygen atoms in total. The van der Waals surface area contributed by atoms with Gasteiger partial charge in [-0.15, -0.1) is 22.7 Å². The van der Waals surface area contributed by atoms with Crippen molar-refractivity contribution in [2.45, 2.75) is 20.0 Å². The van der Waals surface area contributed by atoms with Gasteiger partial charge < -0.3 is 10.1 Å². The van der Waals surface area contributed by atoms with Gasteiger partial charge in [0.1, 0.15) is 22.4 Å². The predicted octanol–water partition coefficient (Wildman–Crippen LogP) is 6.49. The Morgan fingerprint density at radius 3 is 2.61 bits per heavy atom. The Morgan fingerprint density at radius 2 is 1.76 bits per heavy atom. The minimum Gasteiger partial charge on any atom is -0.486 e. The molecular formula is C26H21N3O2S2. The number of hydrogen-bond acceptors (Lipinski definition) is 6. The number of nitrogens with zero attached hydrogens (tertiary/aromatic N) is 2. The number of ether oxygens (including phenoxy) is 1. The average molecular weight is 472 g/mol. The summed E-state index contributed by atoms with van der Waals surface area (Å²) in [6.07, 6.45) is 0.204. The molecule has 0 bridgehead atoms. The second-order valence-corrected chi connectivity index (χ2v) is 9.56. The molecule has 0 aliphatic carbocycles. The summed E-state index contributed by atoms with van der Waals surface area (Å²) in [7, 11) is 0. The van der Waals surface area contributed by atoms with Crippen molar-refractivity contribution < 1.29 is 9.53 Å². The van der Waals surface area contributed by atoms with Gasteiger partial charge in [0, 0.05) is 10.9 Å². The van der Waals surface area contributed by atoms with Crippen molar-refractivity contribution in [1.29, 1.82) is 0 Å². The largest absolute Gasteiger partial charge is 0.486 e. The lowest BCUT2D eigenvalue weighted by molar-refractivity contribution is -0.115. The van der Waals surface area contributed by atoms with Crippen LogP contribution in [0.4, 0.5) is 5.69 Å². The van der Waals surface area contributed by atoms with Crippen molar-refractivity contribution >= 4 is 44.5 Å². The summed E-state index contributed by atoms with van der Waals surface area (Å²) in [6.45, 7) is 2.43. The van der Waals surface area contributed by atoms with Gasteiger partial charge in [0.15, 0.2) is 0 Å². The van der Waals surface area contributed by atoms with Crippen LogP contribution in [0.25, 0.3) is 20.8 Å². The third-order valence-electron chi connectivity index (χ3n) is 5.05. The third kappa shape index (κ3) is 5.10. The van der Waals surface area contributed by atoms with Crippen molar-refractivity contribution in [3.05, 3.63) is 94.4 Å². The van der Waals surface area contributed by atoms with E-state index in [1.165, 1.54) is 16.9 Å². The molecule has 5 aromatic rings. The topological polar surface area (TPSA) is 64.1 Å². The molecule has 7 heteroatoms. The van der Waals surface area contributed by atoms with Crippen LogP contribution in [-0.4, -0.2) is 15.9 Å². The zero-order chi connectivity index (χ0) is 22.6. The van der Waals surface area contributed by atoms with Crippen molar-refractivity contribution in [2.75, 3.05) is 5.32 Å². The Balaban J connectivity index is 1.24. The number of nitrogens with one attached hydrogen (secondary N) is 1. The van der Waals surface area contributed by atoms with Gasteiger partial charge in [-0.05, 0) is 43.3 Å². The fraction of sp³-hybridized carbons (Fsp3) is 0.115. The maximum Gasteiger partial charge on any atom is 0.230 e. The summed E-state index contributed by atoms with van der Waals surface area (Å²) in [5, 5.41) is 6.67. The van der Waals surface area contributed by atoms with E-state index in [2.05, 4.69) is 16.4 Å². The van der Waals surface area contributed by atoms with Crippen LogP contribution in [0.3, 0.4) is 0 Å². The van der Waals surface area contributed by atoms with Gasteiger partial charge in [-0.3, -0.25) is 4.79 Å². The second kappa shape index (κ2) is 9.52. The molecule has 33 heavy (non-hydrogen) atoms. The van der Waals surface area contributed by atoms with E-state index < -0.39 is 0 Å². The average Bonchev–Trinajstić information content (AvgIpc) is 3.45. The zero-order valence-corrected chi connectivity index (χ0v) is 19.6. The first-order chi connectivity index (χ1) is 16.1. The standard InChI is InChI=1S/C26H21N3O2S2/c1-17-10-12-19(13-11-17)31-15-25-27-18(16-32-25)14-24(30)28-21-7-3-2-6-20(21)26-29-22-8-4-5-9-23(22)33-26/h2-13,16H,14-15H2,1H3,(H,28,30). The predicted molar refractivity (Wildman–Crippen MR) is 135 cm³/mol. The molecule has 0 radical (unpaired) electrons. The molecule has 164 valence electrons. The molecule has 0 saturated heterocycles. The molecule has 0 fully saturated rings. The number of thiazole rings is 2. The van der Waals surface area contributed by atoms with Crippen LogP contribution >= 0.6 is 22.7 Å². The van der Waals surface area contributed by atoms with E-state index in [0.29, 0.717) is 6.61 Å². The quantitative estimate of drug-likeness (QED) is 0.295. The van der Waals surface area contributed by atoms with Gasteiger partial charge in [0.25, 0.3) is 0 Å². The summed E-state index contributed by atoms with van der Waals surface area (Å²) in [5.74, 6) is 0.696. The van der Waals surface area contributed by atoms with Crippen molar-refractivity contribution in [3.8, 4) is 16.3 Å². The van der Waals surface area contributed by atoms with Gasteiger partial charge >= 0.3 is 0 Å². The van der Waals surface area contributed by atoms with Crippen LogP contribution in [0.5, 0.6) is 5.75 Å². The number of hydrogen-bond donors (Lipinski definition) is 1. The van der Waals surface area contributed by atoms with Gasteiger partial charge in [-0.2, -0.15) is 0 Å². The Hall–Kier alpha value is -3.55. The summed E-state index contributed by atoms with van der Waals surface area (Å²) in [6, 6.07) is 23.7. The molecule has 0 aliphatic rings. The number of aryl methyl sites for hydroxylation is 1. The smallest absolute Gasteiger partial charge is 0.230 e. The van der Waals surface area contributed by atoms with Gasteiger partial charge in [0.05, 0.1) is 28.0 Å². The van der Waals surface area contributed by atoms with Crippen LogP contribution < -0.4 is 10.1 Å². The van der Waals surface area contributed by atoms with E-state index in [0.717, 1.165) is 42.9 Å². The Kier molecular flexibility index (Phi) is 6.15. The fourth-order valence-electron chi connectivity index (χ4n) is 3.40. The molecule has 0 aliphatic heterocycles. The maximum atomic E-state index is 12.8. The molecule has 5 rings (SSSR count). The number of carbonyl (C=O) groups excluding carboxylic acids is 1. The highest BCUT2D eigenvalue weighted by Crippen LogP contribution is 2.34. The summed E-state index contributed by atoms with van der Waals surface area (Å²) in [5.41, 5.74) is 4.55. The fourth-order valence-corrected chi connectivity index (χ4v) is 5.11. The number of rotatable bonds is 7. The first kappa shape index (κ1) is 21.3. The Bertz CT molecular complexity index is 1370. The lowest BCUT2D eigenvalue weighted by atomic mass is 10.1. The van der Waals surface area contributed by atoms with E-state index in [-0.39, 0.29) is 12.3 Å². The Labute approximate surface area is 199 Å². The molecule has 2 aromatic heterocycles. The highest BCUT2D eigenvalue weighted by molar-refractivity contribution is 7.21. The van der Waals surface area contributed by atoms with Crippen LogP contribution in [-0.2, 0) is 17.8 Å². The first-order valence-corrected chi connectivity index (χ1v) is 12.2. The van der Waals surface area contributed by atoms with Crippen LogP contribution in [0.1, 0.15) is 16.3 Å². The number of anilines is 1. The molecule has 3 aromatic carbocycles. The molecule has 0 atom stereocenters. The number of fused-ring (bicyclic) bond motifs is 1. The summed E-state index contributed by atoms with van der Waals surface area (Å²) >= 11 is 3.11. The third-order valence-corrected chi connectivity index (χ3v) is 6.99. The molecular weight excluding hydrogens is 450 g/mol. The van der Waals surface area contributed by atoms with Crippen molar-refractivity contribution in [2.24, 2.45) is 0 Å². The molecule has 2 heterocycles. The van der Waals surface area contributed by atoms with Gasteiger partial charge in [-0.1, -0.05) is 42.0 Å². The SMILES string of the molecule is Cc1ccc(OCc2nc(CC(=O)Nc3ccccc3-c3nc4ccccc4s3)cs2)cc1. The van der Waals surface area contributed by atoms with Crippen molar-refractivity contribution in [1.82, 2.24) is 9.97 Å². The first-order valence-electron chi connectivity index (χ1n) is 10.5. The molecule has 0 spiro atoms. The van der Waals surface area contributed by atoms with Crippen molar-refractivity contribution in [3.63, 3.8) is 0 Å². The van der Waals surface area contributed by atoms with E-state index in [1.54, 1.807) is 11.3 Å². The molecule has 1 N–H and O–H groups in total. The lowest BCUT2D eigenvalue weighted by Crippen LogP contribution is -2.15. The Morgan fingerprint density at radius 1 is 0.970 bits per heavy atom. The zero-order valence-electron chi connectivity index (χ0n) is 17.9. The number of benzene rings is 3. The highest BCUT2D eigenvalue weighted by atomic mass is 32.1. The minimum absolute atomic E-state index is 0.111. The molecule has 1 amide bonds. The monoisotopic (exact) mass is 471 g/mol. The summed E-state index contributed by atoms with van der Waals surface area (Å²) < 4.78 is 6.91. The second-order valence-electron chi connectivity index (χ2n) is 7.59. The number of amides is 1. The van der Waals surface area contributed by atoms with Crippen LogP contribution in [0, 0.1) is 6.92 Å². The van der Waals surface area contributed by atoms with Crippen LogP contribution in [0.15, 0.2) is 78.2 Å². The van der Waals surface area contributed by atoms with Crippen LogP contribution in [0.2, 0.25) is 0 Å². The van der Waals surface area contributed by atoms with Gasteiger partial charge in [0.2, 0.25) is 5.91 Å². The molecule has 0 saturated carbocycles. The van der Waals surface area contributed by atoms with E-state index in [9.17, 15) is 4.79 Å². The highest BCUT2D eigenvalue weighted by Gasteiger charge is 2.14.